The van der Waals surface area contributed by atoms with E-state index in [1.807, 2.05) is 26.0 Å². The molecule has 0 amide bonds. The highest BCUT2D eigenvalue weighted by Crippen LogP contribution is 2.42. The highest BCUT2D eigenvalue weighted by Gasteiger charge is 2.33. The fraction of sp³-hybridized carbons (Fsp3) is 0.500. The van der Waals surface area contributed by atoms with E-state index in [1.165, 1.54) is 0 Å². The van der Waals surface area contributed by atoms with E-state index < -0.39 is 0 Å². The molecule has 1 aromatic carbocycles. The fourth-order valence-electron chi connectivity index (χ4n) is 1.90. The zero-order valence-corrected chi connectivity index (χ0v) is 11.2. The number of ether oxygens (including phenoxy) is 4. The molecule has 0 radical (unpaired) electrons. The van der Waals surface area contributed by atoms with Gasteiger partial charge in [-0.25, -0.2) is 0 Å². The van der Waals surface area contributed by atoms with Crippen molar-refractivity contribution >= 4 is 15.9 Å². The first-order chi connectivity index (χ1) is 8.15. The predicted molar refractivity (Wildman–Crippen MR) is 64.1 cm³/mol. The Bertz CT molecular complexity index is 438. The Balaban J connectivity index is 1.93. The van der Waals surface area contributed by atoms with Crippen LogP contribution in [0, 0.1) is 0 Å². The predicted octanol–water partition coefficient (Wildman–Crippen LogP) is 3.00. The molecule has 17 heavy (non-hydrogen) atoms. The van der Waals surface area contributed by atoms with Gasteiger partial charge in [-0.05, 0) is 26.0 Å². The van der Waals surface area contributed by atoms with Crippen LogP contribution >= 0.6 is 15.9 Å². The third kappa shape index (κ3) is 1.92. The maximum absolute atomic E-state index is 5.75. The van der Waals surface area contributed by atoms with Crippen molar-refractivity contribution in [3.63, 3.8) is 0 Å². The summed E-state index contributed by atoms with van der Waals surface area (Å²) in [4.78, 5) is 0. The topological polar surface area (TPSA) is 36.9 Å². The summed E-state index contributed by atoms with van der Waals surface area (Å²) in [7, 11) is 0. The Hall–Kier alpha value is -0.780. The maximum Gasteiger partial charge on any atom is 0.231 e. The molecule has 5 heteroatoms. The van der Waals surface area contributed by atoms with Crippen LogP contribution in [0.4, 0.5) is 0 Å². The first-order valence-electron chi connectivity index (χ1n) is 5.55. The van der Waals surface area contributed by atoms with E-state index in [-0.39, 0.29) is 25.3 Å². The average Bonchev–Trinajstić information content (AvgIpc) is 2.85. The summed E-state index contributed by atoms with van der Waals surface area (Å²) >= 11 is 3.50. The second-order valence-corrected chi connectivity index (χ2v) is 5.10. The molecule has 0 saturated carbocycles. The van der Waals surface area contributed by atoms with Gasteiger partial charge in [0, 0.05) is 10.0 Å². The highest BCUT2D eigenvalue weighted by molar-refractivity contribution is 9.10. The molecule has 2 heterocycles. The third-order valence-corrected chi connectivity index (χ3v) is 3.77. The van der Waals surface area contributed by atoms with Gasteiger partial charge in [-0.3, -0.25) is 0 Å². The summed E-state index contributed by atoms with van der Waals surface area (Å²) in [5.74, 6) is 1.49. The molecule has 2 aliphatic rings. The second-order valence-electron chi connectivity index (χ2n) is 4.24. The summed E-state index contributed by atoms with van der Waals surface area (Å²) in [5, 5.41) is 0. The number of hydrogen-bond acceptors (Lipinski definition) is 4. The summed E-state index contributed by atoms with van der Waals surface area (Å²) < 4.78 is 23.1. The van der Waals surface area contributed by atoms with E-state index >= 15 is 0 Å². The zero-order chi connectivity index (χ0) is 12.0. The van der Waals surface area contributed by atoms with Crippen molar-refractivity contribution in [3.8, 4) is 11.5 Å². The largest absolute Gasteiger partial charge is 0.454 e. The van der Waals surface area contributed by atoms with E-state index in [0.717, 1.165) is 21.5 Å². The van der Waals surface area contributed by atoms with Crippen molar-refractivity contribution in [2.75, 3.05) is 6.79 Å². The van der Waals surface area contributed by atoms with Crippen LogP contribution in [-0.2, 0) is 9.47 Å². The number of hydrogen-bond donors (Lipinski definition) is 0. The molecule has 1 fully saturated rings. The Morgan fingerprint density at radius 1 is 1.06 bits per heavy atom. The molecule has 2 aliphatic heterocycles. The summed E-state index contributed by atoms with van der Waals surface area (Å²) in [5.41, 5.74) is 0.936. The average molecular weight is 301 g/mol. The van der Waals surface area contributed by atoms with E-state index in [9.17, 15) is 0 Å². The Kier molecular flexibility index (Phi) is 2.77. The van der Waals surface area contributed by atoms with Crippen molar-refractivity contribution in [3.05, 3.63) is 22.2 Å². The van der Waals surface area contributed by atoms with Gasteiger partial charge in [0.15, 0.2) is 17.8 Å². The Morgan fingerprint density at radius 2 is 1.65 bits per heavy atom. The highest BCUT2D eigenvalue weighted by atomic mass is 79.9. The van der Waals surface area contributed by atoms with Gasteiger partial charge in [-0.2, -0.15) is 0 Å². The first kappa shape index (κ1) is 11.3. The van der Waals surface area contributed by atoms with E-state index in [0.29, 0.717) is 0 Å². The van der Waals surface area contributed by atoms with Crippen molar-refractivity contribution in [2.45, 2.75) is 32.3 Å². The van der Waals surface area contributed by atoms with Gasteiger partial charge in [-0.1, -0.05) is 15.9 Å². The minimum atomic E-state index is -0.344. The van der Waals surface area contributed by atoms with Gasteiger partial charge in [0.1, 0.15) is 0 Å². The lowest BCUT2D eigenvalue weighted by atomic mass is 10.2. The van der Waals surface area contributed by atoms with Crippen LogP contribution < -0.4 is 9.47 Å². The van der Waals surface area contributed by atoms with Gasteiger partial charge < -0.3 is 18.9 Å². The molecule has 0 spiro atoms. The van der Waals surface area contributed by atoms with E-state index in [2.05, 4.69) is 15.9 Å². The molecule has 0 aromatic heterocycles. The van der Waals surface area contributed by atoms with Crippen LogP contribution in [0.3, 0.4) is 0 Å². The van der Waals surface area contributed by atoms with Gasteiger partial charge >= 0.3 is 0 Å². The molecule has 0 aliphatic carbocycles. The lowest BCUT2D eigenvalue weighted by molar-refractivity contribution is -0.0658. The first-order valence-corrected chi connectivity index (χ1v) is 6.34. The lowest BCUT2D eigenvalue weighted by Gasteiger charge is -2.13. The smallest absolute Gasteiger partial charge is 0.231 e. The second kappa shape index (κ2) is 4.15. The van der Waals surface area contributed by atoms with Crippen LogP contribution in [0.5, 0.6) is 11.5 Å². The van der Waals surface area contributed by atoms with Crippen molar-refractivity contribution in [1.82, 2.24) is 0 Å². The number of rotatable bonds is 1. The molecular formula is C12H13BrO4. The molecule has 3 rings (SSSR count). The fourth-order valence-corrected chi connectivity index (χ4v) is 2.41. The summed E-state index contributed by atoms with van der Waals surface area (Å²) in [6.07, 6.45) is -0.154. The van der Waals surface area contributed by atoms with Gasteiger partial charge in [0.2, 0.25) is 6.79 Å². The van der Waals surface area contributed by atoms with Gasteiger partial charge in [0.25, 0.3) is 0 Å². The molecule has 4 nitrogen and oxygen atoms in total. The van der Waals surface area contributed by atoms with E-state index in [1.54, 1.807) is 0 Å². The Labute approximate surface area is 108 Å². The molecule has 0 unspecified atom stereocenters. The third-order valence-electron chi connectivity index (χ3n) is 3.08. The van der Waals surface area contributed by atoms with Crippen LogP contribution in [0.1, 0.15) is 25.7 Å². The van der Waals surface area contributed by atoms with Crippen LogP contribution in [-0.4, -0.2) is 19.0 Å². The number of benzene rings is 1. The molecule has 2 atom stereocenters. The zero-order valence-electron chi connectivity index (χ0n) is 9.60. The standard InChI is InChI=1S/C12H13BrO4/c1-6-7(2)17-12(16-6)8-3-10-11(4-9(8)13)15-5-14-10/h3-4,6-7,12H,5H2,1-2H3/t6-,7-/m1/s1. The lowest BCUT2D eigenvalue weighted by Crippen LogP contribution is -2.13. The van der Waals surface area contributed by atoms with Gasteiger partial charge in [0.05, 0.1) is 12.2 Å². The minimum absolute atomic E-state index is 0.0947. The summed E-state index contributed by atoms with van der Waals surface area (Å²) in [6, 6.07) is 3.79. The quantitative estimate of drug-likeness (QED) is 0.799. The van der Waals surface area contributed by atoms with Crippen molar-refractivity contribution in [2.24, 2.45) is 0 Å². The minimum Gasteiger partial charge on any atom is -0.454 e. The molecular weight excluding hydrogens is 288 g/mol. The van der Waals surface area contributed by atoms with Crippen LogP contribution in [0.2, 0.25) is 0 Å². The van der Waals surface area contributed by atoms with Crippen LogP contribution in [0.15, 0.2) is 16.6 Å². The van der Waals surface area contributed by atoms with Gasteiger partial charge in [-0.15, -0.1) is 0 Å². The molecule has 0 N–H and O–H groups in total. The van der Waals surface area contributed by atoms with Crippen molar-refractivity contribution in [1.29, 1.82) is 0 Å². The number of fused-ring (bicyclic) bond motifs is 1. The Morgan fingerprint density at radius 3 is 2.29 bits per heavy atom. The number of halogens is 1. The monoisotopic (exact) mass is 300 g/mol. The summed E-state index contributed by atoms with van der Waals surface area (Å²) in [6.45, 7) is 4.28. The SMILES string of the molecule is C[C@H]1OC(c2cc3c(cc2Br)OCO3)O[C@@H]1C. The molecule has 92 valence electrons. The molecule has 1 saturated heterocycles. The van der Waals surface area contributed by atoms with Crippen molar-refractivity contribution < 1.29 is 18.9 Å². The van der Waals surface area contributed by atoms with Crippen LogP contribution in [0.25, 0.3) is 0 Å². The molecule has 0 bridgehead atoms. The molecule has 1 aromatic rings. The maximum atomic E-state index is 5.75. The normalized spacial score (nSPS) is 27.7. The van der Waals surface area contributed by atoms with E-state index in [4.69, 9.17) is 18.9 Å².